The second-order valence-corrected chi connectivity index (χ2v) is 4.44. The third kappa shape index (κ3) is 2.96. The molecule has 0 radical (unpaired) electrons. The van der Waals surface area contributed by atoms with Crippen molar-refractivity contribution in [1.29, 1.82) is 0 Å². The molecule has 2 rings (SSSR count). The first kappa shape index (κ1) is 14.0. The van der Waals surface area contributed by atoms with Crippen molar-refractivity contribution in [3.05, 3.63) is 24.3 Å². The van der Waals surface area contributed by atoms with E-state index in [1.54, 1.807) is 12.1 Å². The van der Waals surface area contributed by atoms with Crippen LogP contribution in [0.15, 0.2) is 24.3 Å². The summed E-state index contributed by atoms with van der Waals surface area (Å²) in [6, 6.07) is 6.03. The van der Waals surface area contributed by atoms with Crippen LogP contribution in [0.25, 0.3) is 0 Å². The second-order valence-electron chi connectivity index (χ2n) is 4.44. The summed E-state index contributed by atoms with van der Waals surface area (Å²) in [6.45, 7) is -0.474. The Morgan fingerprint density at radius 2 is 1.63 bits per heavy atom. The maximum Gasteiger partial charge on any atom is 0.157 e. The minimum Gasteiger partial charge on any atom is -0.508 e. The summed E-state index contributed by atoms with van der Waals surface area (Å²) >= 11 is 0. The van der Waals surface area contributed by atoms with Crippen molar-refractivity contribution in [1.82, 2.24) is 0 Å². The van der Waals surface area contributed by atoms with Crippen LogP contribution in [-0.2, 0) is 4.74 Å². The van der Waals surface area contributed by atoms with Crippen LogP contribution in [0.1, 0.15) is 0 Å². The van der Waals surface area contributed by atoms with Crippen LogP contribution in [0.3, 0.4) is 0 Å². The number of phenolic OH excluding ortho intramolecular Hbond substituents is 1. The molecule has 1 aromatic carbocycles. The van der Waals surface area contributed by atoms with Gasteiger partial charge in [-0.1, -0.05) is 0 Å². The maximum absolute atomic E-state index is 9.81. The number of rotatable bonds is 3. The molecule has 1 aliphatic rings. The van der Waals surface area contributed by atoms with Gasteiger partial charge in [-0.2, -0.15) is 0 Å². The standard InChI is InChI=1S/C12H17NO6/c14-5-8-9(16)10(17)11(18)12(19-8)13-6-1-3-7(15)4-2-6/h1-4,8-18H,5H2/t8-,9+,10-,11+,12-/m0/s1. The average Bonchev–Trinajstić information content (AvgIpc) is 2.42. The van der Waals surface area contributed by atoms with Gasteiger partial charge in [-0.3, -0.25) is 0 Å². The Hall–Kier alpha value is -1.38. The van der Waals surface area contributed by atoms with E-state index in [2.05, 4.69) is 5.32 Å². The van der Waals surface area contributed by atoms with Crippen LogP contribution in [0.2, 0.25) is 0 Å². The molecule has 1 aromatic rings. The number of anilines is 1. The number of hydrogen-bond donors (Lipinski definition) is 6. The summed E-state index contributed by atoms with van der Waals surface area (Å²) in [4.78, 5) is 0. The highest BCUT2D eigenvalue weighted by Crippen LogP contribution is 2.23. The van der Waals surface area contributed by atoms with E-state index in [0.29, 0.717) is 5.69 Å². The molecule has 7 heteroatoms. The lowest BCUT2D eigenvalue weighted by Crippen LogP contribution is -2.60. The van der Waals surface area contributed by atoms with Crippen LogP contribution in [-0.4, -0.2) is 62.8 Å². The van der Waals surface area contributed by atoms with Gasteiger partial charge in [0.05, 0.1) is 6.61 Å². The largest absolute Gasteiger partial charge is 0.508 e. The summed E-state index contributed by atoms with van der Waals surface area (Å²) in [5.74, 6) is 0.0966. The molecule has 1 aliphatic heterocycles. The highest BCUT2D eigenvalue weighted by atomic mass is 16.6. The molecule has 0 spiro atoms. The molecular weight excluding hydrogens is 254 g/mol. The molecule has 19 heavy (non-hydrogen) atoms. The quantitative estimate of drug-likeness (QED) is 0.374. The molecule has 1 saturated heterocycles. The van der Waals surface area contributed by atoms with Crippen LogP contribution >= 0.6 is 0 Å². The Labute approximate surface area is 109 Å². The van der Waals surface area contributed by atoms with Crippen molar-refractivity contribution in [2.75, 3.05) is 11.9 Å². The van der Waals surface area contributed by atoms with E-state index >= 15 is 0 Å². The van der Waals surface area contributed by atoms with E-state index in [-0.39, 0.29) is 5.75 Å². The van der Waals surface area contributed by atoms with Gasteiger partial charge in [0.25, 0.3) is 0 Å². The third-order valence-corrected chi connectivity index (χ3v) is 3.07. The Morgan fingerprint density at radius 1 is 1.00 bits per heavy atom. The van der Waals surface area contributed by atoms with Crippen molar-refractivity contribution in [2.45, 2.75) is 30.6 Å². The number of aliphatic hydroxyl groups excluding tert-OH is 4. The highest BCUT2D eigenvalue weighted by molar-refractivity contribution is 5.46. The van der Waals surface area contributed by atoms with Crippen LogP contribution < -0.4 is 5.32 Å². The summed E-state index contributed by atoms with van der Waals surface area (Å²) in [5.41, 5.74) is 0.558. The minimum absolute atomic E-state index is 0.0966. The lowest BCUT2D eigenvalue weighted by molar-refractivity contribution is -0.221. The third-order valence-electron chi connectivity index (χ3n) is 3.07. The molecule has 0 amide bonds. The SMILES string of the molecule is OC[C@@H]1O[C@H](Nc2ccc(O)cc2)[C@H](O)[C@@H](O)[C@@H]1O. The molecule has 0 aliphatic carbocycles. The van der Waals surface area contributed by atoms with Gasteiger partial charge < -0.3 is 35.6 Å². The van der Waals surface area contributed by atoms with Gasteiger partial charge in [-0.05, 0) is 24.3 Å². The monoisotopic (exact) mass is 271 g/mol. The fourth-order valence-corrected chi connectivity index (χ4v) is 1.94. The summed E-state index contributed by atoms with van der Waals surface area (Å²) in [5, 5.41) is 50.1. The first-order chi connectivity index (χ1) is 9.02. The molecule has 1 fully saturated rings. The molecule has 0 unspecified atom stereocenters. The molecule has 106 valence electrons. The second kappa shape index (κ2) is 5.72. The van der Waals surface area contributed by atoms with Gasteiger partial charge in [0.1, 0.15) is 30.2 Å². The van der Waals surface area contributed by atoms with Crippen molar-refractivity contribution < 1.29 is 30.3 Å². The Balaban J connectivity index is 2.08. The first-order valence-electron chi connectivity index (χ1n) is 5.89. The predicted molar refractivity (Wildman–Crippen MR) is 65.5 cm³/mol. The van der Waals surface area contributed by atoms with Crippen molar-refractivity contribution in [2.24, 2.45) is 0 Å². The van der Waals surface area contributed by atoms with E-state index in [4.69, 9.17) is 14.9 Å². The Bertz CT molecular complexity index is 409. The zero-order valence-corrected chi connectivity index (χ0v) is 10.0. The van der Waals surface area contributed by atoms with Gasteiger partial charge >= 0.3 is 0 Å². The first-order valence-corrected chi connectivity index (χ1v) is 5.89. The molecule has 6 N–H and O–H groups in total. The van der Waals surface area contributed by atoms with Crippen molar-refractivity contribution in [3.8, 4) is 5.75 Å². The fourth-order valence-electron chi connectivity index (χ4n) is 1.94. The van der Waals surface area contributed by atoms with Crippen LogP contribution in [0, 0.1) is 0 Å². The summed E-state index contributed by atoms with van der Waals surface area (Å²) in [6.07, 6.45) is -6.06. The summed E-state index contributed by atoms with van der Waals surface area (Å²) < 4.78 is 5.28. The molecular formula is C12H17NO6. The zero-order chi connectivity index (χ0) is 14.0. The number of ether oxygens (including phenoxy) is 1. The average molecular weight is 271 g/mol. The van der Waals surface area contributed by atoms with E-state index in [9.17, 15) is 15.3 Å². The highest BCUT2D eigenvalue weighted by Gasteiger charge is 2.43. The normalized spacial score (nSPS) is 35.1. The van der Waals surface area contributed by atoms with Crippen LogP contribution in [0.5, 0.6) is 5.75 Å². The minimum atomic E-state index is -1.42. The molecule has 5 atom stereocenters. The molecule has 7 nitrogen and oxygen atoms in total. The number of benzene rings is 1. The number of aromatic hydroxyl groups is 1. The topological polar surface area (TPSA) is 122 Å². The predicted octanol–water partition coefficient (Wildman–Crippen LogP) is -1.40. The van der Waals surface area contributed by atoms with E-state index in [1.807, 2.05) is 0 Å². The molecule has 0 saturated carbocycles. The lowest BCUT2D eigenvalue weighted by Gasteiger charge is -2.40. The molecule has 1 heterocycles. The number of phenols is 1. The van der Waals surface area contributed by atoms with Gasteiger partial charge in [-0.15, -0.1) is 0 Å². The fraction of sp³-hybridized carbons (Fsp3) is 0.500. The summed E-state index contributed by atoms with van der Waals surface area (Å²) in [7, 11) is 0. The van der Waals surface area contributed by atoms with Crippen LogP contribution in [0.4, 0.5) is 5.69 Å². The molecule has 0 aromatic heterocycles. The number of nitrogens with one attached hydrogen (secondary N) is 1. The lowest BCUT2D eigenvalue weighted by atomic mass is 9.98. The molecule has 0 bridgehead atoms. The Kier molecular flexibility index (Phi) is 4.23. The van der Waals surface area contributed by atoms with Crippen molar-refractivity contribution in [3.63, 3.8) is 0 Å². The van der Waals surface area contributed by atoms with Gasteiger partial charge in [0.15, 0.2) is 6.23 Å². The maximum atomic E-state index is 9.81. The van der Waals surface area contributed by atoms with Gasteiger partial charge in [-0.25, -0.2) is 0 Å². The van der Waals surface area contributed by atoms with Gasteiger partial charge in [0, 0.05) is 5.69 Å². The van der Waals surface area contributed by atoms with E-state index < -0.39 is 37.3 Å². The smallest absolute Gasteiger partial charge is 0.157 e. The van der Waals surface area contributed by atoms with Gasteiger partial charge in [0.2, 0.25) is 0 Å². The zero-order valence-electron chi connectivity index (χ0n) is 10.0. The number of hydrogen-bond acceptors (Lipinski definition) is 7. The van der Waals surface area contributed by atoms with E-state index in [1.165, 1.54) is 12.1 Å². The van der Waals surface area contributed by atoms with Crippen molar-refractivity contribution >= 4 is 5.69 Å². The Morgan fingerprint density at radius 3 is 2.21 bits per heavy atom. The number of aliphatic hydroxyl groups is 4. The van der Waals surface area contributed by atoms with E-state index in [0.717, 1.165) is 0 Å².